The van der Waals surface area contributed by atoms with Crippen LogP contribution in [0, 0.1) is 11.6 Å². The molecule has 0 atom stereocenters. The molecule has 0 aliphatic heterocycles. The molecule has 0 saturated carbocycles. The molecule has 1 aromatic heterocycles. The van der Waals surface area contributed by atoms with Crippen LogP contribution in [0.4, 0.5) is 20.3 Å². The molecule has 1 aromatic carbocycles. The number of hydrogen-bond acceptors (Lipinski definition) is 3. The molecule has 5 nitrogen and oxygen atoms in total. The maximum atomic E-state index is 13.3. The molecular weight excluding hydrogens is 242 g/mol. The summed E-state index contributed by atoms with van der Waals surface area (Å²) in [5.74, 6) is -2.36. The van der Waals surface area contributed by atoms with Crippen LogP contribution in [0.2, 0.25) is 0 Å². The van der Waals surface area contributed by atoms with E-state index in [1.165, 1.54) is 29.1 Å². The van der Waals surface area contributed by atoms with Gasteiger partial charge in [-0.15, -0.1) is 0 Å². The summed E-state index contributed by atoms with van der Waals surface area (Å²) in [5.41, 5.74) is 5.17. The molecule has 2 rings (SSSR count). The van der Waals surface area contributed by atoms with Gasteiger partial charge in [-0.3, -0.25) is 9.48 Å². The predicted octanol–water partition coefficient (Wildman–Crippen LogP) is 1.38. The van der Waals surface area contributed by atoms with E-state index in [1.807, 2.05) is 0 Å². The van der Waals surface area contributed by atoms with E-state index in [0.29, 0.717) is 0 Å². The van der Waals surface area contributed by atoms with Crippen molar-refractivity contribution in [2.24, 2.45) is 0 Å². The minimum absolute atomic E-state index is 0.132. The lowest BCUT2D eigenvalue weighted by molar-refractivity contribution is -0.116. The second kappa shape index (κ2) is 4.82. The van der Waals surface area contributed by atoms with E-state index in [4.69, 9.17) is 5.73 Å². The second-order valence-electron chi connectivity index (χ2n) is 3.59. The number of anilines is 2. The highest BCUT2D eigenvalue weighted by Gasteiger charge is 2.11. The number of carbonyl (C=O) groups is 1. The van der Waals surface area contributed by atoms with Crippen LogP contribution in [0.5, 0.6) is 0 Å². The molecule has 0 radical (unpaired) electrons. The number of amides is 1. The van der Waals surface area contributed by atoms with Crippen LogP contribution in [-0.4, -0.2) is 15.7 Å². The average Bonchev–Trinajstić information content (AvgIpc) is 2.70. The number of aromatic nitrogens is 2. The summed E-state index contributed by atoms with van der Waals surface area (Å²) in [5, 5.41) is 6.05. The van der Waals surface area contributed by atoms with Gasteiger partial charge in [0, 0.05) is 6.20 Å². The number of hydrogen-bond donors (Lipinski definition) is 2. The Morgan fingerprint density at radius 2 is 2.17 bits per heavy atom. The Labute approximate surface area is 101 Å². The molecule has 0 spiro atoms. The lowest BCUT2D eigenvalue weighted by atomic mass is 10.3. The summed E-state index contributed by atoms with van der Waals surface area (Å²) in [6, 6.07) is 5.07. The molecule has 0 unspecified atom stereocenters. The lowest BCUT2D eigenvalue weighted by Gasteiger charge is -2.06. The number of halogens is 2. The highest BCUT2D eigenvalue weighted by atomic mass is 19.2. The third kappa shape index (κ3) is 2.62. The first-order valence-electron chi connectivity index (χ1n) is 5.09. The van der Waals surface area contributed by atoms with Gasteiger partial charge in [0.15, 0.2) is 11.6 Å². The minimum Gasteiger partial charge on any atom is -0.382 e. The first-order chi connectivity index (χ1) is 8.56. The first-order valence-corrected chi connectivity index (χ1v) is 5.09. The Bertz CT molecular complexity index is 582. The Balaban J connectivity index is 2.05. The Morgan fingerprint density at radius 3 is 2.83 bits per heavy atom. The summed E-state index contributed by atoms with van der Waals surface area (Å²) in [7, 11) is 0. The summed E-state index contributed by atoms with van der Waals surface area (Å²) in [6.45, 7) is -0.132. The van der Waals surface area contributed by atoms with E-state index in [2.05, 4.69) is 10.4 Å². The van der Waals surface area contributed by atoms with E-state index < -0.39 is 17.5 Å². The van der Waals surface area contributed by atoms with Crippen molar-refractivity contribution in [3.63, 3.8) is 0 Å². The van der Waals surface area contributed by atoms with Crippen molar-refractivity contribution in [1.82, 2.24) is 9.78 Å². The summed E-state index contributed by atoms with van der Waals surface area (Å²) in [4.78, 5) is 11.6. The van der Waals surface area contributed by atoms with E-state index in [1.54, 1.807) is 0 Å². The number of rotatable bonds is 3. The zero-order valence-electron chi connectivity index (χ0n) is 9.23. The Morgan fingerprint density at radius 1 is 1.39 bits per heavy atom. The molecule has 7 heteroatoms. The van der Waals surface area contributed by atoms with Gasteiger partial charge in [-0.25, -0.2) is 8.78 Å². The number of nitrogens with zero attached hydrogens (tertiary/aromatic N) is 2. The maximum absolute atomic E-state index is 13.3. The summed E-state index contributed by atoms with van der Waals surface area (Å²) >= 11 is 0. The number of benzene rings is 1. The Hall–Kier alpha value is -2.44. The molecule has 94 valence electrons. The average molecular weight is 252 g/mol. The van der Waals surface area contributed by atoms with Gasteiger partial charge >= 0.3 is 0 Å². The zero-order valence-corrected chi connectivity index (χ0v) is 9.23. The maximum Gasteiger partial charge on any atom is 0.246 e. The number of nitrogens with two attached hydrogens (primary N) is 1. The molecule has 0 bridgehead atoms. The van der Waals surface area contributed by atoms with Crippen LogP contribution in [0.25, 0.3) is 0 Å². The Kier molecular flexibility index (Phi) is 3.22. The van der Waals surface area contributed by atoms with Crippen LogP contribution in [0.1, 0.15) is 0 Å². The van der Waals surface area contributed by atoms with Gasteiger partial charge in [0.25, 0.3) is 0 Å². The first kappa shape index (κ1) is 12.0. The smallest absolute Gasteiger partial charge is 0.246 e. The van der Waals surface area contributed by atoms with E-state index >= 15 is 0 Å². The fraction of sp³-hybridized carbons (Fsp3) is 0.0909. The van der Waals surface area contributed by atoms with Crippen LogP contribution in [0.15, 0.2) is 30.5 Å². The monoisotopic (exact) mass is 252 g/mol. The summed E-state index contributed by atoms with van der Waals surface area (Å²) < 4.78 is 27.5. The van der Waals surface area contributed by atoms with Crippen LogP contribution in [-0.2, 0) is 11.3 Å². The molecule has 0 saturated heterocycles. The SMILES string of the molecule is Nc1ccn(CC(=O)Nc2cccc(F)c2F)n1. The van der Waals surface area contributed by atoms with Gasteiger partial charge in [-0.2, -0.15) is 5.10 Å². The number of nitrogen functional groups attached to an aromatic ring is 1. The molecule has 1 heterocycles. The third-order valence-corrected chi connectivity index (χ3v) is 2.19. The minimum atomic E-state index is -1.09. The molecule has 1 amide bonds. The quantitative estimate of drug-likeness (QED) is 0.866. The van der Waals surface area contributed by atoms with Crippen molar-refractivity contribution in [2.75, 3.05) is 11.1 Å². The van der Waals surface area contributed by atoms with Gasteiger partial charge in [-0.05, 0) is 18.2 Å². The molecule has 3 N–H and O–H groups in total. The zero-order chi connectivity index (χ0) is 13.1. The lowest BCUT2D eigenvalue weighted by Crippen LogP contribution is -2.20. The predicted molar refractivity (Wildman–Crippen MR) is 61.6 cm³/mol. The molecular formula is C11H10F2N4O. The largest absolute Gasteiger partial charge is 0.382 e. The topological polar surface area (TPSA) is 72.9 Å². The van der Waals surface area contributed by atoms with E-state index in [0.717, 1.165) is 6.07 Å². The third-order valence-electron chi connectivity index (χ3n) is 2.19. The van der Waals surface area contributed by atoms with Crippen LogP contribution < -0.4 is 11.1 Å². The molecule has 18 heavy (non-hydrogen) atoms. The van der Waals surface area contributed by atoms with Crippen LogP contribution in [0.3, 0.4) is 0 Å². The highest BCUT2D eigenvalue weighted by molar-refractivity contribution is 5.90. The highest BCUT2D eigenvalue weighted by Crippen LogP contribution is 2.16. The van der Waals surface area contributed by atoms with Gasteiger partial charge in [-0.1, -0.05) is 6.07 Å². The number of carbonyl (C=O) groups excluding carboxylic acids is 1. The standard InChI is InChI=1S/C11H10F2N4O/c12-7-2-1-3-8(11(7)13)15-10(18)6-17-5-4-9(14)16-17/h1-5H,6H2,(H2,14,16)(H,15,18). The van der Waals surface area contributed by atoms with Gasteiger partial charge in [0.2, 0.25) is 5.91 Å². The van der Waals surface area contributed by atoms with E-state index in [-0.39, 0.29) is 18.1 Å². The van der Waals surface area contributed by atoms with E-state index in [9.17, 15) is 13.6 Å². The van der Waals surface area contributed by atoms with Crippen LogP contribution >= 0.6 is 0 Å². The van der Waals surface area contributed by atoms with Gasteiger partial charge in [0.05, 0.1) is 5.69 Å². The van der Waals surface area contributed by atoms with Crippen molar-refractivity contribution in [1.29, 1.82) is 0 Å². The van der Waals surface area contributed by atoms with Crippen molar-refractivity contribution >= 4 is 17.4 Å². The number of nitrogens with one attached hydrogen (secondary N) is 1. The molecule has 2 aromatic rings. The van der Waals surface area contributed by atoms with Crippen molar-refractivity contribution in [3.05, 3.63) is 42.1 Å². The molecule has 0 aliphatic carbocycles. The van der Waals surface area contributed by atoms with Gasteiger partial charge in [0.1, 0.15) is 12.4 Å². The summed E-state index contributed by atoms with van der Waals surface area (Å²) in [6.07, 6.45) is 1.51. The fourth-order valence-electron chi connectivity index (χ4n) is 1.40. The van der Waals surface area contributed by atoms with Gasteiger partial charge < -0.3 is 11.1 Å². The molecule has 0 aliphatic rings. The fourth-order valence-corrected chi connectivity index (χ4v) is 1.40. The van der Waals surface area contributed by atoms with Crippen molar-refractivity contribution in [2.45, 2.75) is 6.54 Å². The van der Waals surface area contributed by atoms with Crippen molar-refractivity contribution in [3.8, 4) is 0 Å². The van der Waals surface area contributed by atoms with Crippen molar-refractivity contribution < 1.29 is 13.6 Å². The molecule has 0 fully saturated rings. The second-order valence-corrected chi connectivity index (χ2v) is 3.59. The normalized spacial score (nSPS) is 10.3.